The summed E-state index contributed by atoms with van der Waals surface area (Å²) >= 11 is 0. The minimum Gasteiger partial charge on any atom is -0.355 e. The predicted octanol–water partition coefficient (Wildman–Crippen LogP) is 3.29. The molecular formula is C16H34IN3OS. The fourth-order valence-corrected chi connectivity index (χ4v) is 3.40. The molecule has 0 aromatic carbocycles. The Morgan fingerprint density at radius 1 is 1.27 bits per heavy atom. The highest BCUT2D eigenvalue weighted by atomic mass is 127. The van der Waals surface area contributed by atoms with Crippen LogP contribution in [0.1, 0.15) is 60.3 Å². The molecule has 1 aliphatic rings. The molecule has 1 atom stereocenters. The summed E-state index contributed by atoms with van der Waals surface area (Å²) in [6.07, 6.45) is 4.91. The van der Waals surface area contributed by atoms with Crippen LogP contribution in [0.4, 0.5) is 0 Å². The molecular weight excluding hydrogens is 409 g/mol. The maximum Gasteiger partial charge on any atom is 0.191 e. The van der Waals surface area contributed by atoms with Crippen LogP contribution in [0.2, 0.25) is 0 Å². The summed E-state index contributed by atoms with van der Waals surface area (Å²) in [6.45, 7) is 11.4. The Balaban J connectivity index is 0.00000441. The highest BCUT2D eigenvalue weighted by molar-refractivity contribution is 14.0. The van der Waals surface area contributed by atoms with Crippen LogP contribution in [-0.2, 0) is 10.8 Å². The van der Waals surface area contributed by atoms with Crippen molar-refractivity contribution in [3.05, 3.63) is 0 Å². The Morgan fingerprint density at radius 2 is 1.82 bits per heavy atom. The third-order valence-electron chi connectivity index (χ3n) is 4.17. The minimum absolute atomic E-state index is 0. The Morgan fingerprint density at radius 3 is 2.27 bits per heavy atom. The van der Waals surface area contributed by atoms with Crippen molar-refractivity contribution >= 4 is 40.7 Å². The van der Waals surface area contributed by atoms with Gasteiger partial charge in [-0.1, -0.05) is 13.8 Å². The molecule has 1 rings (SSSR count). The standard InChI is InChI=1S/C16H33N3OS.HI/c1-15(2,3)21(20)12-11-18-14(17-6)19-13-7-9-16(4,5)10-8-13;/h13H,7-12H2,1-6H3,(H2,17,18,19);1H. The summed E-state index contributed by atoms with van der Waals surface area (Å²) in [5.41, 5.74) is 0.485. The molecule has 0 saturated heterocycles. The van der Waals surface area contributed by atoms with Crippen molar-refractivity contribution in [2.24, 2.45) is 10.4 Å². The minimum atomic E-state index is -0.818. The van der Waals surface area contributed by atoms with Crippen LogP contribution in [0, 0.1) is 5.41 Å². The van der Waals surface area contributed by atoms with Crippen molar-refractivity contribution < 1.29 is 4.21 Å². The molecule has 22 heavy (non-hydrogen) atoms. The van der Waals surface area contributed by atoms with Crippen molar-refractivity contribution in [2.75, 3.05) is 19.3 Å². The van der Waals surface area contributed by atoms with Crippen molar-refractivity contribution in [1.29, 1.82) is 0 Å². The number of guanidine groups is 1. The Hall–Kier alpha value is 0.150. The van der Waals surface area contributed by atoms with Crippen molar-refractivity contribution in [1.82, 2.24) is 10.6 Å². The van der Waals surface area contributed by atoms with Crippen LogP contribution in [0.25, 0.3) is 0 Å². The number of nitrogens with zero attached hydrogens (tertiary/aromatic N) is 1. The van der Waals surface area contributed by atoms with Gasteiger partial charge in [0.25, 0.3) is 0 Å². The van der Waals surface area contributed by atoms with E-state index < -0.39 is 10.8 Å². The molecule has 1 aliphatic carbocycles. The van der Waals surface area contributed by atoms with E-state index in [9.17, 15) is 4.21 Å². The molecule has 0 bridgehead atoms. The first kappa shape index (κ1) is 22.1. The van der Waals surface area contributed by atoms with Gasteiger partial charge in [-0.2, -0.15) is 0 Å². The first-order valence-electron chi connectivity index (χ1n) is 8.00. The molecule has 0 spiro atoms. The second-order valence-electron chi connectivity index (χ2n) is 7.74. The van der Waals surface area contributed by atoms with Gasteiger partial charge in [-0.3, -0.25) is 9.20 Å². The lowest BCUT2D eigenvalue weighted by atomic mass is 9.75. The highest BCUT2D eigenvalue weighted by Crippen LogP contribution is 2.34. The van der Waals surface area contributed by atoms with E-state index in [4.69, 9.17) is 0 Å². The maximum absolute atomic E-state index is 12.0. The van der Waals surface area contributed by atoms with E-state index in [1.165, 1.54) is 25.7 Å². The fraction of sp³-hybridized carbons (Fsp3) is 0.938. The lowest BCUT2D eigenvalue weighted by Crippen LogP contribution is -2.46. The number of aliphatic imine (C=N–C) groups is 1. The van der Waals surface area contributed by atoms with Gasteiger partial charge in [0.05, 0.1) is 0 Å². The topological polar surface area (TPSA) is 53.5 Å². The molecule has 1 unspecified atom stereocenters. The smallest absolute Gasteiger partial charge is 0.191 e. The molecule has 0 heterocycles. The van der Waals surface area contributed by atoms with Gasteiger partial charge < -0.3 is 10.6 Å². The average Bonchev–Trinajstić information content (AvgIpc) is 2.38. The highest BCUT2D eigenvalue weighted by Gasteiger charge is 2.27. The fourth-order valence-electron chi connectivity index (χ4n) is 2.50. The van der Waals surface area contributed by atoms with E-state index in [-0.39, 0.29) is 28.7 Å². The number of rotatable bonds is 4. The normalized spacial score (nSPS) is 20.9. The number of hydrogen-bond donors (Lipinski definition) is 2. The zero-order chi connectivity index (χ0) is 16.1. The Labute approximate surface area is 156 Å². The van der Waals surface area contributed by atoms with Gasteiger partial charge in [0.1, 0.15) is 0 Å². The summed E-state index contributed by atoms with van der Waals surface area (Å²) < 4.78 is 11.9. The van der Waals surface area contributed by atoms with E-state index in [0.29, 0.717) is 23.8 Å². The second kappa shape index (κ2) is 9.45. The average molecular weight is 443 g/mol. The van der Waals surface area contributed by atoms with Gasteiger partial charge >= 0.3 is 0 Å². The molecule has 1 saturated carbocycles. The number of halogens is 1. The van der Waals surface area contributed by atoms with Crippen molar-refractivity contribution in [3.8, 4) is 0 Å². The van der Waals surface area contributed by atoms with E-state index in [1.54, 1.807) is 7.05 Å². The molecule has 0 radical (unpaired) electrons. The monoisotopic (exact) mass is 443 g/mol. The second-order valence-corrected chi connectivity index (χ2v) is 10.1. The quantitative estimate of drug-likeness (QED) is 0.398. The van der Waals surface area contributed by atoms with Crippen LogP contribution < -0.4 is 10.6 Å². The lowest BCUT2D eigenvalue weighted by Gasteiger charge is -2.35. The lowest BCUT2D eigenvalue weighted by molar-refractivity contribution is 0.216. The van der Waals surface area contributed by atoms with Crippen molar-refractivity contribution in [2.45, 2.75) is 71.1 Å². The first-order chi connectivity index (χ1) is 9.64. The van der Waals surface area contributed by atoms with Gasteiger partial charge in [0.15, 0.2) is 5.96 Å². The largest absolute Gasteiger partial charge is 0.355 e. The van der Waals surface area contributed by atoms with E-state index in [2.05, 4.69) is 29.5 Å². The van der Waals surface area contributed by atoms with Gasteiger partial charge in [-0.25, -0.2) is 0 Å². The number of hydrogen-bond acceptors (Lipinski definition) is 2. The van der Waals surface area contributed by atoms with Gasteiger partial charge in [0.2, 0.25) is 0 Å². The zero-order valence-corrected chi connectivity index (χ0v) is 18.1. The molecule has 2 N–H and O–H groups in total. The van der Waals surface area contributed by atoms with Gasteiger partial charge in [-0.15, -0.1) is 24.0 Å². The van der Waals surface area contributed by atoms with Crippen LogP contribution in [0.15, 0.2) is 4.99 Å². The molecule has 0 aliphatic heterocycles. The molecule has 0 aromatic rings. The Kier molecular flexibility index (Phi) is 9.51. The zero-order valence-electron chi connectivity index (χ0n) is 15.0. The Bertz CT molecular complexity index is 381. The molecule has 0 aromatic heterocycles. The van der Waals surface area contributed by atoms with Crippen molar-refractivity contribution in [3.63, 3.8) is 0 Å². The van der Waals surface area contributed by atoms with Crippen LogP contribution in [0.5, 0.6) is 0 Å². The molecule has 4 nitrogen and oxygen atoms in total. The summed E-state index contributed by atoms with van der Waals surface area (Å²) in [5.74, 6) is 1.49. The summed E-state index contributed by atoms with van der Waals surface area (Å²) in [7, 11) is 0.976. The summed E-state index contributed by atoms with van der Waals surface area (Å²) in [6, 6.07) is 0.511. The van der Waals surface area contributed by atoms with E-state index in [0.717, 1.165) is 5.96 Å². The maximum atomic E-state index is 12.0. The van der Waals surface area contributed by atoms with E-state index >= 15 is 0 Å². The third kappa shape index (κ3) is 8.13. The molecule has 132 valence electrons. The SMILES string of the molecule is CN=C(NCCS(=O)C(C)(C)C)NC1CCC(C)(C)CC1.I. The summed E-state index contributed by atoms with van der Waals surface area (Å²) in [4.78, 5) is 4.27. The molecule has 0 amide bonds. The number of nitrogens with one attached hydrogen (secondary N) is 2. The van der Waals surface area contributed by atoms with Gasteiger partial charge in [0, 0.05) is 40.9 Å². The molecule has 1 fully saturated rings. The first-order valence-corrected chi connectivity index (χ1v) is 9.32. The van der Waals surface area contributed by atoms with Gasteiger partial charge in [-0.05, 0) is 51.9 Å². The van der Waals surface area contributed by atoms with Crippen LogP contribution >= 0.6 is 24.0 Å². The summed E-state index contributed by atoms with van der Waals surface area (Å²) in [5, 5.41) is 6.78. The third-order valence-corrected chi connectivity index (χ3v) is 6.11. The van der Waals surface area contributed by atoms with E-state index in [1.807, 2.05) is 20.8 Å². The molecule has 6 heteroatoms. The van der Waals surface area contributed by atoms with Crippen LogP contribution in [0.3, 0.4) is 0 Å². The van der Waals surface area contributed by atoms with Crippen LogP contribution in [-0.4, -0.2) is 40.3 Å². The predicted molar refractivity (Wildman–Crippen MR) is 109 cm³/mol.